The van der Waals surface area contributed by atoms with Crippen LogP contribution in [0.5, 0.6) is 0 Å². The number of nitrogens with zero attached hydrogens (tertiary/aromatic N) is 6. The molecule has 0 aliphatic heterocycles. The first-order valence-electron chi connectivity index (χ1n) is 10.6. The first kappa shape index (κ1) is 21.7. The predicted molar refractivity (Wildman–Crippen MR) is 128 cm³/mol. The van der Waals surface area contributed by atoms with E-state index in [1.54, 1.807) is 66.5 Å². The lowest BCUT2D eigenvalue weighted by molar-refractivity contribution is -0.111. The number of hydrogen-bond donors (Lipinski definition) is 1. The predicted octanol–water partition coefficient (Wildman–Crippen LogP) is 3.53. The van der Waals surface area contributed by atoms with Crippen LogP contribution in [0.2, 0.25) is 0 Å². The van der Waals surface area contributed by atoms with Crippen LogP contribution in [0, 0.1) is 0 Å². The zero-order valence-corrected chi connectivity index (χ0v) is 18.6. The summed E-state index contributed by atoms with van der Waals surface area (Å²) in [6, 6.07) is 19.3. The van der Waals surface area contributed by atoms with Gasteiger partial charge < -0.3 is 14.3 Å². The molecule has 0 radical (unpaired) electrons. The number of hydrogen-bond acceptors (Lipinski definition) is 7. The molecule has 10 nitrogen and oxygen atoms in total. The topological polar surface area (TPSA) is 121 Å². The molecule has 1 N–H and O–H groups in total. The maximum atomic E-state index is 13.4. The van der Waals surface area contributed by atoms with Gasteiger partial charge in [0.15, 0.2) is 11.6 Å². The standard InChI is InChI=1S/C25H19N7O3/c1-31-14-13-26-24(31)22(33)17-9-11-19(12-10-17)27-25(34)21(16-20-8-5-15-35-20)32-23(28-29-30-32)18-6-3-2-4-7-18/h2-16H,1H3,(H,27,34)/b21-16-. The Morgan fingerprint density at radius 2 is 1.80 bits per heavy atom. The molecule has 2 aromatic carbocycles. The number of benzene rings is 2. The summed E-state index contributed by atoms with van der Waals surface area (Å²) in [5, 5.41) is 14.7. The summed E-state index contributed by atoms with van der Waals surface area (Å²) in [5.74, 6) is 0.511. The number of nitrogens with one attached hydrogen (secondary N) is 1. The number of anilines is 1. The zero-order valence-electron chi connectivity index (χ0n) is 18.6. The van der Waals surface area contributed by atoms with Crippen LogP contribution in [0.1, 0.15) is 21.9 Å². The summed E-state index contributed by atoms with van der Waals surface area (Å²) in [4.78, 5) is 30.1. The van der Waals surface area contributed by atoms with Gasteiger partial charge in [-0.3, -0.25) is 9.59 Å². The number of carbonyl (C=O) groups excluding carboxylic acids is 2. The highest BCUT2D eigenvalue weighted by Gasteiger charge is 2.20. The normalized spacial score (nSPS) is 11.4. The molecule has 3 aromatic heterocycles. The molecule has 0 spiro atoms. The van der Waals surface area contributed by atoms with Gasteiger partial charge in [0.2, 0.25) is 5.78 Å². The van der Waals surface area contributed by atoms with Gasteiger partial charge in [-0.05, 0) is 46.8 Å². The van der Waals surface area contributed by atoms with Crippen molar-refractivity contribution >= 4 is 29.2 Å². The molecule has 172 valence electrons. The van der Waals surface area contributed by atoms with E-state index in [-0.39, 0.29) is 11.5 Å². The van der Waals surface area contributed by atoms with Gasteiger partial charge in [0, 0.05) is 42.3 Å². The highest BCUT2D eigenvalue weighted by Crippen LogP contribution is 2.22. The van der Waals surface area contributed by atoms with Gasteiger partial charge in [0.1, 0.15) is 11.5 Å². The summed E-state index contributed by atoms with van der Waals surface area (Å²) < 4.78 is 8.42. The number of imidazole rings is 1. The van der Waals surface area contributed by atoms with Crippen LogP contribution in [-0.2, 0) is 11.8 Å². The second kappa shape index (κ2) is 9.40. The quantitative estimate of drug-likeness (QED) is 0.288. The summed E-state index contributed by atoms with van der Waals surface area (Å²) in [5.41, 5.74) is 1.84. The van der Waals surface area contributed by atoms with Crippen molar-refractivity contribution in [2.75, 3.05) is 5.32 Å². The Morgan fingerprint density at radius 1 is 1.00 bits per heavy atom. The molecule has 0 saturated heterocycles. The minimum Gasteiger partial charge on any atom is -0.465 e. The maximum absolute atomic E-state index is 13.4. The van der Waals surface area contributed by atoms with Crippen LogP contribution in [-0.4, -0.2) is 41.4 Å². The Hall–Kier alpha value is -5.12. The molecule has 0 unspecified atom stereocenters. The van der Waals surface area contributed by atoms with Crippen molar-refractivity contribution in [3.05, 3.63) is 103 Å². The molecule has 5 rings (SSSR count). The monoisotopic (exact) mass is 465 g/mol. The molecular weight excluding hydrogens is 446 g/mol. The van der Waals surface area contributed by atoms with Gasteiger partial charge in [0.25, 0.3) is 5.91 Å². The van der Waals surface area contributed by atoms with Crippen LogP contribution >= 0.6 is 0 Å². The summed E-state index contributed by atoms with van der Waals surface area (Å²) in [7, 11) is 1.75. The minimum atomic E-state index is -0.464. The fourth-order valence-electron chi connectivity index (χ4n) is 3.46. The average molecular weight is 465 g/mol. The van der Waals surface area contributed by atoms with Crippen molar-refractivity contribution in [2.45, 2.75) is 0 Å². The SMILES string of the molecule is Cn1ccnc1C(=O)c1ccc(NC(=O)/C(=C/c2ccco2)n2nnnc2-c2ccccc2)cc1. The van der Waals surface area contributed by atoms with Crippen molar-refractivity contribution in [3.8, 4) is 11.4 Å². The van der Waals surface area contributed by atoms with Crippen molar-refractivity contribution in [3.63, 3.8) is 0 Å². The first-order chi connectivity index (χ1) is 17.1. The Bertz CT molecular complexity index is 1500. The van der Waals surface area contributed by atoms with Gasteiger partial charge in [-0.1, -0.05) is 30.3 Å². The number of ketones is 1. The molecule has 0 fully saturated rings. The third-order valence-electron chi connectivity index (χ3n) is 5.21. The minimum absolute atomic E-state index is 0.150. The third kappa shape index (κ3) is 4.53. The van der Waals surface area contributed by atoms with E-state index in [0.29, 0.717) is 28.7 Å². The van der Waals surface area contributed by atoms with Gasteiger partial charge in [-0.2, -0.15) is 4.68 Å². The van der Waals surface area contributed by atoms with Crippen molar-refractivity contribution in [2.24, 2.45) is 7.05 Å². The second-order valence-corrected chi connectivity index (χ2v) is 7.55. The smallest absolute Gasteiger partial charge is 0.274 e. The maximum Gasteiger partial charge on any atom is 0.274 e. The van der Waals surface area contributed by atoms with Crippen LogP contribution in [0.4, 0.5) is 5.69 Å². The lowest BCUT2D eigenvalue weighted by Gasteiger charge is -2.11. The third-order valence-corrected chi connectivity index (χ3v) is 5.21. The van der Waals surface area contributed by atoms with Crippen molar-refractivity contribution < 1.29 is 14.0 Å². The number of tetrazole rings is 1. The van der Waals surface area contributed by atoms with Crippen LogP contribution in [0.15, 0.2) is 89.8 Å². The Morgan fingerprint density at radius 3 is 2.49 bits per heavy atom. The van der Waals surface area contributed by atoms with E-state index in [9.17, 15) is 9.59 Å². The molecule has 0 saturated carbocycles. The fourth-order valence-corrected chi connectivity index (χ4v) is 3.46. The second-order valence-electron chi connectivity index (χ2n) is 7.55. The Balaban J connectivity index is 1.43. The summed E-state index contributed by atoms with van der Waals surface area (Å²) in [6.45, 7) is 0. The van der Waals surface area contributed by atoms with Crippen LogP contribution < -0.4 is 5.32 Å². The lowest BCUT2D eigenvalue weighted by atomic mass is 10.1. The number of rotatable bonds is 7. The molecule has 0 aliphatic carbocycles. The molecular formula is C25H19N7O3. The highest BCUT2D eigenvalue weighted by atomic mass is 16.3. The first-order valence-corrected chi connectivity index (χ1v) is 10.6. The van der Waals surface area contributed by atoms with E-state index in [1.807, 2.05) is 30.3 Å². The molecule has 3 heterocycles. The van der Waals surface area contributed by atoms with Crippen molar-refractivity contribution in [1.29, 1.82) is 0 Å². The zero-order chi connectivity index (χ0) is 24.2. The van der Waals surface area contributed by atoms with Gasteiger partial charge in [-0.15, -0.1) is 5.10 Å². The number of carbonyl (C=O) groups is 2. The average Bonchev–Trinajstić information content (AvgIpc) is 3.65. The summed E-state index contributed by atoms with van der Waals surface area (Å²) >= 11 is 0. The molecule has 5 aromatic rings. The summed E-state index contributed by atoms with van der Waals surface area (Å²) in [6.07, 6.45) is 6.34. The molecule has 10 heteroatoms. The number of aromatic nitrogens is 6. The fraction of sp³-hybridized carbons (Fsp3) is 0.0400. The lowest BCUT2D eigenvalue weighted by Crippen LogP contribution is -2.19. The van der Waals surface area contributed by atoms with E-state index in [1.165, 1.54) is 10.9 Å². The van der Waals surface area contributed by atoms with E-state index in [0.717, 1.165) is 5.56 Å². The van der Waals surface area contributed by atoms with Gasteiger partial charge in [0.05, 0.1) is 6.26 Å². The van der Waals surface area contributed by atoms with E-state index < -0.39 is 5.91 Å². The number of aryl methyl sites for hydroxylation is 1. The van der Waals surface area contributed by atoms with Crippen LogP contribution in [0.25, 0.3) is 23.2 Å². The highest BCUT2D eigenvalue weighted by molar-refractivity contribution is 6.24. The van der Waals surface area contributed by atoms with Gasteiger partial charge in [-0.25, -0.2) is 4.98 Å². The molecule has 0 aliphatic rings. The molecule has 0 atom stereocenters. The number of amides is 1. The van der Waals surface area contributed by atoms with Crippen LogP contribution in [0.3, 0.4) is 0 Å². The molecule has 35 heavy (non-hydrogen) atoms. The molecule has 0 bridgehead atoms. The Kier molecular flexibility index (Phi) is 5.83. The van der Waals surface area contributed by atoms with E-state index in [2.05, 4.69) is 25.8 Å². The largest absolute Gasteiger partial charge is 0.465 e. The van der Waals surface area contributed by atoms with E-state index in [4.69, 9.17) is 4.42 Å². The van der Waals surface area contributed by atoms with Crippen molar-refractivity contribution in [1.82, 2.24) is 29.8 Å². The number of furan rings is 1. The van der Waals surface area contributed by atoms with E-state index >= 15 is 0 Å². The Labute approximate surface area is 199 Å². The molecule has 1 amide bonds. The van der Waals surface area contributed by atoms with Gasteiger partial charge >= 0.3 is 0 Å².